The van der Waals surface area contributed by atoms with E-state index in [4.69, 9.17) is 4.74 Å². The van der Waals surface area contributed by atoms with Crippen molar-refractivity contribution in [2.75, 3.05) is 20.7 Å². The van der Waals surface area contributed by atoms with Crippen molar-refractivity contribution in [2.45, 2.75) is 90.0 Å². The highest BCUT2D eigenvalue weighted by Crippen LogP contribution is 2.32. The Morgan fingerprint density at radius 2 is 1.66 bits per heavy atom. The first kappa shape index (κ1) is 29.7. The largest absolute Gasteiger partial charge is 0.497 e. The number of nitrogens with zero attached hydrogens (tertiary/aromatic N) is 1. The maximum atomic E-state index is 13.3. The molecule has 0 aliphatic carbocycles. The van der Waals surface area contributed by atoms with Crippen LogP contribution in [0.2, 0.25) is 0 Å². The molecule has 4 heteroatoms. The molecular weight excluding hydrogens is 468 g/mol. The minimum Gasteiger partial charge on any atom is -0.497 e. The van der Waals surface area contributed by atoms with Crippen LogP contribution in [0.25, 0.3) is 10.9 Å². The van der Waals surface area contributed by atoms with Crippen molar-refractivity contribution >= 4 is 16.8 Å². The van der Waals surface area contributed by atoms with Gasteiger partial charge in [-0.3, -0.25) is 4.48 Å². The van der Waals surface area contributed by atoms with Crippen LogP contribution in [0.15, 0.2) is 73.0 Å². The fourth-order valence-corrected chi connectivity index (χ4v) is 5.46. The van der Waals surface area contributed by atoms with Gasteiger partial charge in [-0.25, -0.2) is 4.79 Å². The molecule has 2 aromatic rings. The number of hydrogen-bond acceptors (Lipinski definition) is 2. The average Bonchev–Trinajstić information content (AvgIpc) is 3.51. The Morgan fingerprint density at radius 1 is 1.00 bits per heavy atom. The van der Waals surface area contributed by atoms with Crippen LogP contribution >= 0.6 is 0 Å². The van der Waals surface area contributed by atoms with E-state index in [0.29, 0.717) is 22.9 Å². The average molecular weight is 518 g/mol. The van der Waals surface area contributed by atoms with Crippen molar-refractivity contribution < 1.29 is 14.0 Å². The van der Waals surface area contributed by atoms with E-state index in [1.807, 2.05) is 6.07 Å². The molecule has 3 rings (SSSR count). The number of nitrogens with one attached hydrogen (secondary N) is 1. The van der Waals surface area contributed by atoms with Crippen LogP contribution in [0.4, 0.5) is 0 Å². The monoisotopic (exact) mass is 517 g/mol. The number of aromatic amines is 1. The second kappa shape index (κ2) is 16.2. The number of quaternary nitrogens is 1. The first-order valence-electron chi connectivity index (χ1n) is 14.7. The van der Waals surface area contributed by atoms with E-state index < -0.39 is 0 Å². The molecule has 4 nitrogen and oxygen atoms in total. The van der Waals surface area contributed by atoms with Gasteiger partial charge in [-0.05, 0) is 62.3 Å². The molecule has 1 fully saturated rings. The third kappa shape index (κ3) is 8.87. The molecule has 1 aromatic heterocycles. The predicted molar refractivity (Wildman–Crippen MR) is 161 cm³/mol. The van der Waals surface area contributed by atoms with Crippen LogP contribution in [0.1, 0.15) is 83.1 Å². The van der Waals surface area contributed by atoms with E-state index in [0.717, 1.165) is 69.2 Å². The molecule has 1 aromatic carbocycles. The van der Waals surface area contributed by atoms with Crippen molar-refractivity contribution in [1.29, 1.82) is 0 Å². The minimum atomic E-state index is 0.347. The summed E-state index contributed by atoms with van der Waals surface area (Å²) in [5.74, 6) is 1.27. The lowest BCUT2D eigenvalue weighted by molar-refractivity contribution is -0.847. The predicted octanol–water partition coefficient (Wildman–Crippen LogP) is 8.61. The summed E-state index contributed by atoms with van der Waals surface area (Å²) in [6.45, 7) is 3.19. The van der Waals surface area contributed by atoms with Crippen LogP contribution in [0, 0.1) is 0 Å². The Balaban J connectivity index is 1.36. The Morgan fingerprint density at radius 3 is 2.32 bits per heavy atom. The van der Waals surface area contributed by atoms with E-state index in [-0.39, 0.29) is 0 Å². The zero-order valence-electron chi connectivity index (χ0n) is 24.0. The molecule has 2 atom stereocenters. The number of likely N-dealkylation sites (tertiary alicyclic amines) is 1. The summed E-state index contributed by atoms with van der Waals surface area (Å²) in [6.07, 6.45) is 32.5. The van der Waals surface area contributed by atoms with Gasteiger partial charge < -0.3 is 9.72 Å². The van der Waals surface area contributed by atoms with Gasteiger partial charge in [-0.15, -0.1) is 0 Å². The number of ether oxygens (including phenoxy) is 1. The van der Waals surface area contributed by atoms with Crippen molar-refractivity contribution in [3.63, 3.8) is 0 Å². The molecule has 0 bridgehead atoms. The van der Waals surface area contributed by atoms with Gasteiger partial charge >= 0.3 is 5.91 Å². The number of amides is 1. The van der Waals surface area contributed by atoms with Crippen molar-refractivity contribution in [2.24, 2.45) is 0 Å². The van der Waals surface area contributed by atoms with Crippen molar-refractivity contribution in [3.05, 3.63) is 78.6 Å². The van der Waals surface area contributed by atoms with Gasteiger partial charge in [0.05, 0.1) is 27.1 Å². The maximum absolute atomic E-state index is 13.3. The quantitative estimate of drug-likeness (QED) is 0.138. The minimum absolute atomic E-state index is 0.347. The second-order valence-corrected chi connectivity index (χ2v) is 10.7. The summed E-state index contributed by atoms with van der Waals surface area (Å²) in [7, 11) is 3.87. The lowest BCUT2D eigenvalue weighted by Crippen LogP contribution is -2.53. The fraction of sp³-hybridized carbons (Fsp3) is 0.500. The highest BCUT2D eigenvalue weighted by Gasteiger charge is 2.43. The molecular formula is C34H49N2O2+. The van der Waals surface area contributed by atoms with Crippen LogP contribution < -0.4 is 4.74 Å². The third-order valence-corrected chi connectivity index (χ3v) is 7.93. The number of hydrogen-bond donors (Lipinski definition) is 1. The first-order valence-corrected chi connectivity index (χ1v) is 14.7. The van der Waals surface area contributed by atoms with Gasteiger partial charge in [0.25, 0.3) is 0 Å². The number of H-pyrrole nitrogens is 1. The van der Waals surface area contributed by atoms with Crippen LogP contribution in [-0.4, -0.2) is 42.1 Å². The number of unbranched alkanes of at least 4 members (excludes halogenated alkanes) is 3. The molecule has 0 spiro atoms. The Kier molecular flexibility index (Phi) is 12.7. The topological polar surface area (TPSA) is 42.1 Å². The summed E-state index contributed by atoms with van der Waals surface area (Å²) < 4.78 is 6.01. The maximum Gasteiger partial charge on any atom is 0.313 e. The number of carbonyl (C=O) groups is 1. The molecule has 206 valence electrons. The normalized spacial score (nSPS) is 20.2. The van der Waals surface area contributed by atoms with Crippen molar-refractivity contribution in [3.8, 4) is 5.75 Å². The Hall–Kier alpha value is -2.85. The Labute approximate surface area is 230 Å². The van der Waals surface area contributed by atoms with Crippen LogP contribution in [0.5, 0.6) is 5.75 Å². The van der Waals surface area contributed by atoms with E-state index >= 15 is 0 Å². The van der Waals surface area contributed by atoms with E-state index in [9.17, 15) is 4.79 Å². The standard InChI is InChI=1S/C34H49N2O2/c1-4-5-6-7-8-9-10-11-12-13-14-15-16-17-18-19-22-34(37)36(2)25-20-21-30(36)26-29-28-35-33-24-23-31(38-3)27-32(29)33/h7-8,10-11,13-14,16-17,23-24,27-28,30,35H,4-6,9,12,15,18-22,25-26H2,1-3H3/q+1/b8-7-,11-10-,14-13-,17-16-. The van der Waals surface area contributed by atoms with Gasteiger partial charge in [0.1, 0.15) is 11.8 Å². The number of likely N-dealkylation sites (N-methyl/N-ethyl adjacent to an activating group) is 1. The summed E-state index contributed by atoms with van der Waals surface area (Å²) in [4.78, 5) is 16.7. The summed E-state index contributed by atoms with van der Waals surface area (Å²) in [5.41, 5.74) is 2.41. The number of fused-ring (bicyclic) bond motifs is 1. The molecule has 38 heavy (non-hydrogen) atoms. The van der Waals surface area contributed by atoms with Gasteiger partial charge in [-0.1, -0.05) is 68.4 Å². The molecule has 0 radical (unpaired) electrons. The van der Waals surface area contributed by atoms with Crippen molar-refractivity contribution in [1.82, 2.24) is 4.98 Å². The van der Waals surface area contributed by atoms with E-state index in [1.54, 1.807) is 7.11 Å². The molecule has 2 unspecified atom stereocenters. The summed E-state index contributed by atoms with van der Waals surface area (Å²) >= 11 is 0. The molecule has 1 aliphatic heterocycles. The molecule has 1 saturated heterocycles. The molecule has 2 heterocycles. The fourth-order valence-electron chi connectivity index (χ4n) is 5.46. The lowest BCUT2D eigenvalue weighted by Gasteiger charge is -2.33. The smallest absolute Gasteiger partial charge is 0.313 e. The Bertz CT molecular complexity index is 1110. The second-order valence-electron chi connectivity index (χ2n) is 10.7. The number of benzene rings is 1. The third-order valence-electron chi connectivity index (χ3n) is 7.93. The SMILES string of the molecule is CCCC/C=C\C/C=C\C/C=C\C/C=C\CCCC(=O)[N+]1(C)CCCC1Cc1c[nH]c2ccc(OC)cc12. The molecule has 1 amide bonds. The van der Waals surface area contributed by atoms with Crippen LogP contribution in [0.3, 0.4) is 0 Å². The van der Waals surface area contributed by atoms with Crippen LogP contribution in [-0.2, 0) is 11.2 Å². The van der Waals surface area contributed by atoms with Gasteiger partial charge in [-0.2, -0.15) is 0 Å². The highest BCUT2D eigenvalue weighted by atomic mass is 16.5. The van der Waals surface area contributed by atoms with Gasteiger partial charge in [0, 0.05) is 36.4 Å². The number of aromatic nitrogens is 1. The lowest BCUT2D eigenvalue weighted by atomic mass is 10.0. The molecule has 1 aliphatic rings. The number of carbonyl (C=O) groups excluding carboxylic acids is 1. The molecule has 0 saturated carbocycles. The first-order chi connectivity index (χ1) is 18.6. The zero-order chi connectivity index (χ0) is 27.1. The van der Waals surface area contributed by atoms with E-state index in [2.05, 4.69) is 85.9 Å². The van der Waals surface area contributed by atoms with E-state index in [1.165, 1.54) is 30.2 Å². The number of rotatable bonds is 16. The summed E-state index contributed by atoms with van der Waals surface area (Å²) in [5, 5.41) is 1.21. The number of methoxy groups -OCH3 is 1. The summed E-state index contributed by atoms with van der Waals surface area (Å²) in [6, 6.07) is 6.51. The zero-order valence-corrected chi connectivity index (χ0v) is 24.0. The van der Waals surface area contributed by atoms with Gasteiger partial charge in [0.15, 0.2) is 0 Å². The number of allylic oxidation sites excluding steroid dienone is 8. The molecule has 1 N–H and O–H groups in total. The van der Waals surface area contributed by atoms with Gasteiger partial charge in [0.2, 0.25) is 0 Å². The highest BCUT2D eigenvalue weighted by molar-refractivity contribution is 5.84.